The molecular weight excluding hydrogens is 509 g/mol. The molecule has 1 unspecified atom stereocenters. The van der Waals surface area contributed by atoms with Gasteiger partial charge in [0.1, 0.15) is 11.5 Å². The number of nitrogens with two attached hydrogens (primary N) is 1. The van der Waals surface area contributed by atoms with Crippen LogP contribution in [-0.4, -0.2) is 71.5 Å². The molecule has 166 valence electrons. The van der Waals surface area contributed by atoms with Crippen molar-refractivity contribution < 1.29 is 17.9 Å². The summed E-state index contributed by atoms with van der Waals surface area (Å²) in [4.78, 5) is 6.65. The minimum absolute atomic E-state index is 0. The van der Waals surface area contributed by atoms with Gasteiger partial charge in [0.15, 0.2) is 5.96 Å². The molecule has 2 rings (SSSR count). The number of guanidine groups is 1. The third-order valence-electron chi connectivity index (χ3n) is 4.42. The van der Waals surface area contributed by atoms with Crippen LogP contribution in [-0.2, 0) is 16.6 Å². The van der Waals surface area contributed by atoms with Gasteiger partial charge in [0.2, 0.25) is 10.0 Å². The van der Waals surface area contributed by atoms with Crippen molar-refractivity contribution in [1.29, 1.82) is 0 Å². The number of likely N-dealkylation sites (tertiary alicyclic amines) is 1. The van der Waals surface area contributed by atoms with Crippen molar-refractivity contribution in [3.8, 4) is 11.5 Å². The van der Waals surface area contributed by atoms with Crippen molar-refractivity contribution in [3.05, 3.63) is 23.8 Å². The highest BCUT2D eigenvalue weighted by molar-refractivity contribution is 14.0. The van der Waals surface area contributed by atoms with Crippen molar-refractivity contribution >= 4 is 40.0 Å². The number of nitrogens with one attached hydrogen (secondary N) is 2. The summed E-state index contributed by atoms with van der Waals surface area (Å²) in [6.45, 7) is 5.40. The number of halogens is 1. The number of benzene rings is 1. The minimum Gasteiger partial charge on any atom is -0.497 e. The van der Waals surface area contributed by atoms with Crippen molar-refractivity contribution in [2.75, 3.05) is 46.2 Å². The van der Waals surface area contributed by atoms with Gasteiger partial charge >= 0.3 is 0 Å². The molecule has 1 saturated heterocycles. The van der Waals surface area contributed by atoms with E-state index in [1.807, 2.05) is 25.1 Å². The van der Waals surface area contributed by atoms with E-state index in [9.17, 15) is 8.42 Å². The zero-order chi connectivity index (χ0) is 20.6. The van der Waals surface area contributed by atoms with E-state index in [4.69, 9.17) is 14.6 Å². The zero-order valence-electron chi connectivity index (χ0n) is 17.2. The van der Waals surface area contributed by atoms with Crippen LogP contribution in [0.4, 0.5) is 0 Å². The Hall–Kier alpha value is -1.31. The van der Waals surface area contributed by atoms with Gasteiger partial charge in [-0.15, -0.1) is 24.0 Å². The lowest BCUT2D eigenvalue weighted by molar-refractivity contribution is 0.321. The molecule has 0 aromatic heterocycles. The van der Waals surface area contributed by atoms with E-state index in [2.05, 4.69) is 20.5 Å². The fourth-order valence-corrected chi connectivity index (χ4v) is 3.45. The molecule has 29 heavy (non-hydrogen) atoms. The van der Waals surface area contributed by atoms with Gasteiger partial charge in [0.25, 0.3) is 0 Å². The van der Waals surface area contributed by atoms with Gasteiger partial charge in [-0.25, -0.2) is 13.6 Å². The van der Waals surface area contributed by atoms with Crippen LogP contribution in [0.1, 0.15) is 18.9 Å². The molecule has 1 heterocycles. The fraction of sp³-hybridized carbons (Fsp3) is 0.611. The molecule has 1 aromatic carbocycles. The standard InChI is InChI=1S/C18H31N5O4S.HI/c1-4-20-18(21-6-8-28(19,24)25)22-15-5-7-23(13-15)12-14-9-16(26-2)11-17(10-14)27-3;/h9-11,15H,4-8,12-13H2,1-3H3,(H2,19,24,25)(H2,20,21,22);1H. The monoisotopic (exact) mass is 541 g/mol. The number of sulfonamides is 1. The average molecular weight is 541 g/mol. The number of methoxy groups -OCH3 is 2. The van der Waals surface area contributed by atoms with E-state index in [-0.39, 0.29) is 42.3 Å². The zero-order valence-corrected chi connectivity index (χ0v) is 20.3. The van der Waals surface area contributed by atoms with E-state index in [1.165, 1.54) is 0 Å². The predicted octanol–water partition coefficient (Wildman–Crippen LogP) is 0.740. The number of ether oxygens (including phenoxy) is 2. The topological polar surface area (TPSA) is 118 Å². The summed E-state index contributed by atoms with van der Waals surface area (Å²) < 4.78 is 32.8. The van der Waals surface area contributed by atoms with Crippen molar-refractivity contribution in [1.82, 2.24) is 15.5 Å². The first-order chi connectivity index (χ1) is 13.3. The van der Waals surface area contributed by atoms with Gasteiger partial charge in [0, 0.05) is 38.3 Å². The molecular formula is C18H32IN5O4S. The van der Waals surface area contributed by atoms with E-state index >= 15 is 0 Å². The van der Waals surface area contributed by atoms with Crippen molar-refractivity contribution in [3.63, 3.8) is 0 Å². The molecule has 1 aromatic rings. The lowest BCUT2D eigenvalue weighted by Gasteiger charge is -2.19. The van der Waals surface area contributed by atoms with E-state index in [0.29, 0.717) is 12.5 Å². The summed E-state index contributed by atoms with van der Waals surface area (Å²) in [6.07, 6.45) is 0.973. The van der Waals surface area contributed by atoms with Crippen LogP contribution in [0.2, 0.25) is 0 Å². The molecule has 4 N–H and O–H groups in total. The summed E-state index contributed by atoms with van der Waals surface area (Å²) in [5.74, 6) is 2.00. The molecule has 1 aliphatic rings. The van der Waals surface area contributed by atoms with Gasteiger partial charge in [-0.2, -0.15) is 0 Å². The largest absolute Gasteiger partial charge is 0.497 e. The van der Waals surface area contributed by atoms with Gasteiger partial charge in [-0.1, -0.05) is 0 Å². The highest BCUT2D eigenvalue weighted by atomic mass is 127. The Morgan fingerprint density at radius 1 is 1.28 bits per heavy atom. The van der Waals surface area contributed by atoms with E-state index in [0.717, 1.165) is 43.1 Å². The third-order valence-corrected chi connectivity index (χ3v) is 5.17. The van der Waals surface area contributed by atoms with Gasteiger partial charge in [0.05, 0.1) is 26.5 Å². The van der Waals surface area contributed by atoms with Crippen LogP contribution in [0.25, 0.3) is 0 Å². The highest BCUT2D eigenvalue weighted by Gasteiger charge is 2.23. The number of nitrogens with zero attached hydrogens (tertiary/aromatic N) is 2. The summed E-state index contributed by atoms with van der Waals surface area (Å²) in [5, 5.41) is 11.5. The summed E-state index contributed by atoms with van der Waals surface area (Å²) in [6, 6.07) is 6.13. The van der Waals surface area contributed by atoms with E-state index < -0.39 is 10.0 Å². The first-order valence-corrected chi connectivity index (χ1v) is 11.0. The number of aliphatic imine (C=N–C) groups is 1. The Morgan fingerprint density at radius 3 is 2.48 bits per heavy atom. The predicted molar refractivity (Wildman–Crippen MR) is 126 cm³/mol. The Bertz CT molecular complexity index is 753. The van der Waals surface area contributed by atoms with Crippen LogP contribution in [0.5, 0.6) is 11.5 Å². The molecule has 0 spiro atoms. The quantitative estimate of drug-likeness (QED) is 0.240. The lowest BCUT2D eigenvalue weighted by Crippen LogP contribution is -2.44. The molecule has 0 radical (unpaired) electrons. The maximum absolute atomic E-state index is 11.1. The molecule has 0 amide bonds. The van der Waals surface area contributed by atoms with Crippen molar-refractivity contribution in [2.24, 2.45) is 10.1 Å². The third kappa shape index (κ3) is 9.36. The number of hydrogen-bond acceptors (Lipinski definition) is 6. The maximum atomic E-state index is 11.1. The first-order valence-electron chi connectivity index (χ1n) is 9.32. The van der Waals surface area contributed by atoms with Crippen molar-refractivity contribution in [2.45, 2.75) is 25.9 Å². The van der Waals surface area contributed by atoms with Crippen LogP contribution in [0, 0.1) is 0 Å². The number of rotatable bonds is 9. The highest BCUT2D eigenvalue weighted by Crippen LogP contribution is 2.24. The molecule has 9 nitrogen and oxygen atoms in total. The van der Waals surface area contributed by atoms with Gasteiger partial charge < -0.3 is 20.1 Å². The Labute approximate surface area is 190 Å². The second kappa shape index (κ2) is 12.4. The van der Waals surface area contributed by atoms with Crippen LogP contribution in [0.3, 0.4) is 0 Å². The van der Waals surface area contributed by atoms with Crippen LogP contribution < -0.4 is 25.2 Å². The molecule has 0 bridgehead atoms. The average Bonchev–Trinajstić information content (AvgIpc) is 3.07. The summed E-state index contributed by atoms with van der Waals surface area (Å²) >= 11 is 0. The lowest BCUT2D eigenvalue weighted by atomic mass is 10.2. The summed E-state index contributed by atoms with van der Waals surface area (Å²) in [5.41, 5.74) is 1.13. The van der Waals surface area contributed by atoms with Crippen LogP contribution in [0.15, 0.2) is 23.2 Å². The second-order valence-electron chi connectivity index (χ2n) is 6.71. The van der Waals surface area contributed by atoms with Gasteiger partial charge in [-0.3, -0.25) is 9.89 Å². The van der Waals surface area contributed by atoms with Crippen LogP contribution >= 0.6 is 24.0 Å². The number of primary sulfonamides is 1. The Balaban J connectivity index is 0.00000420. The Morgan fingerprint density at radius 2 is 1.93 bits per heavy atom. The summed E-state index contributed by atoms with van der Waals surface area (Å²) in [7, 11) is -0.219. The smallest absolute Gasteiger partial charge is 0.210 e. The molecule has 1 aliphatic heterocycles. The maximum Gasteiger partial charge on any atom is 0.210 e. The Kier molecular flexibility index (Phi) is 11.0. The SMILES string of the molecule is CCNC(=NCCS(N)(=O)=O)NC1CCN(Cc2cc(OC)cc(OC)c2)C1.I. The van der Waals surface area contributed by atoms with Gasteiger partial charge in [-0.05, 0) is 31.0 Å². The fourth-order valence-electron chi connectivity index (χ4n) is 3.11. The molecule has 11 heteroatoms. The first kappa shape index (κ1) is 25.7. The minimum atomic E-state index is -3.51. The molecule has 1 atom stereocenters. The van der Waals surface area contributed by atoms with E-state index in [1.54, 1.807) is 14.2 Å². The molecule has 1 fully saturated rings. The number of hydrogen-bond donors (Lipinski definition) is 3. The molecule has 0 aliphatic carbocycles. The second-order valence-corrected chi connectivity index (χ2v) is 8.45. The molecule has 0 saturated carbocycles. The normalized spacial score (nSPS) is 17.5.